The maximum Gasteiger partial charge on any atom is 0.289 e. The summed E-state index contributed by atoms with van der Waals surface area (Å²) in [6.45, 7) is 0.598. The van der Waals surface area contributed by atoms with Crippen LogP contribution in [0.1, 0.15) is 16.1 Å². The van der Waals surface area contributed by atoms with Crippen molar-refractivity contribution in [1.29, 1.82) is 0 Å². The van der Waals surface area contributed by atoms with E-state index in [0.29, 0.717) is 17.0 Å². The molecule has 0 spiro atoms. The van der Waals surface area contributed by atoms with Crippen LogP contribution in [0.3, 0.4) is 0 Å². The maximum absolute atomic E-state index is 11.9. The fourth-order valence-corrected chi connectivity index (χ4v) is 2.31. The summed E-state index contributed by atoms with van der Waals surface area (Å²) in [6, 6.07) is 5.38. The summed E-state index contributed by atoms with van der Waals surface area (Å²) in [5.74, 6) is 0.238. The van der Waals surface area contributed by atoms with Crippen molar-refractivity contribution in [3.05, 3.63) is 45.0 Å². The average Bonchev–Trinajstić information content (AvgIpc) is 2.88. The Balaban J connectivity index is 2.05. The van der Waals surface area contributed by atoms with Crippen LogP contribution >= 0.6 is 27.3 Å². The summed E-state index contributed by atoms with van der Waals surface area (Å²) in [5.41, 5.74) is 1.13. The maximum atomic E-state index is 11.9. The van der Waals surface area contributed by atoms with E-state index in [0.717, 1.165) is 5.56 Å². The molecule has 0 bridgehead atoms. The van der Waals surface area contributed by atoms with Gasteiger partial charge < -0.3 is 9.32 Å². The van der Waals surface area contributed by atoms with Crippen molar-refractivity contribution in [1.82, 2.24) is 4.90 Å². The van der Waals surface area contributed by atoms with Crippen LogP contribution in [0.5, 0.6) is 0 Å². The Bertz CT molecular complexity index is 478. The van der Waals surface area contributed by atoms with Gasteiger partial charge in [-0.3, -0.25) is 4.79 Å². The van der Waals surface area contributed by atoms with Crippen LogP contribution in [0.4, 0.5) is 0 Å². The Hall–Kier alpha value is -1.07. The molecular formula is C11H10BrNO2S. The zero-order valence-corrected chi connectivity index (χ0v) is 11.0. The van der Waals surface area contributed by atoms with Crippen molar-refractivity contribution in [3.8, 4) is 0 Å². The first kappa shape index (κ1) is 11.4. The fraction of sp³-hybridized carbons (Fsp3) is 0.182. The highest BCUT2D eigenvalue weighted by Crippen LogP contribution is 2.16. The lowest BCUT2D eigenvalue weighted by Crippen LogP contribution is -2.25. The third-order valence-electron chi connectivity index (χ3n) is 2.13. The van der Waals surface area contributed by atoms with Crippen LogP contribution in [-0.2, 0) is 6.54 Å². The molecular weight excluding hydrogens is 290 g/mol. The number of carbonyl (C=O) groups excluding carboxylic acids is 1. The standard InChI is InChI=1S/C11H10BrNO2S/c1-13(6-8-4-5-16-7-8)11(14)9-2-3-10(12)15-9/h2-5,7H,6H2,1H3. The van der Waals surface area contributed by atoms with Gasteiger partial charge in [0, 0.05) is 13.6 Å². The van der Waals surface area contributed by atoms with Gasteiger partial charge >= 0.3 is 0 Å². The zero-order valence-electron chi connectivity index (χ0n) is 8.64. The molecule has 0 radical (unpaired) electrons. The summed E-state index contributed by atoms with van der Waals surface area (Å²) in [6.07, 6.45) is 0. The molecule has 0 unspecified atom stereocenters. The molecule has 0 N–H and O–H groups in total. The van der Waals surface area contributed by atoms with Crippen molar-refractivity contribution >= 4 is 33.2 Å². The molecule has 0 saturated carbocycles. The topological polar surface area (TPSA) is 33.5 Å². The van der Waals surface area contributed by atoms with Crippen LogP contribution in [0, 0.1) is 0 Å². The summed E-state index contributed by atoms with van der Waals surface area (Å²) >= 11 is 4.80. The molecule has 84 valence electrons. The van der Waals surface area contributed by atoms with Crippen molar-refractivity contribution in [2.45, 2.75) is 6.54 Å². The molecule has 0 saturated heterocycles. The number of nitrogens with zero attached hydrogens (tertiary/aromatic N) is 1. The molecule has 2 rings (SSSR count). The summed E-state index contributed by atoms with van der Waals surface area (Å²) in [4.78, 5) is 13.5. The number of carbonyl (C=O) groups is 1. The minimum absolute atomic E-state index is 0.114. The number of thiophene rings is 1. The van der Waals surface area contributed by atoms with Gasteiger partial charge in [-0.1, -0.05) is 0 Å². The van der Waals surface area contributed by atoms with Gasteiger partial charge in [-0.25, -0.2) is 0 Å². The monoisotopic (exact) mass is 299 g/mol. The van der Waals surface area contributed by atoms with Gasteiger partial charge in [-0.15, -0.1) is 0 Å². The van der Waals surface area contributed by atoms with Crippen molar-refractivity contribution < 1.29 is 9.21 Å². The van der Waals surface area contributed by atoms with Crippen LogP contribution in [-0.4, -0.2) is 17.9 Å². The number of hydrogen-bond donors (Lipinski definition) is 0. The molecule has 3 nitrogen and oxygen atoms in total. The third kappa shape index (κ3) is 2.54. The SMILES string of the molecule is CN(Cc1ccsc1)C(=O)c1ccc(Br)o1. The molecule has 2 aromatic heterocycles. The summed E-state index contributed by atoms with van der Waals surface area (Å²) in [5, 5.41) is 4.03. The molecule has 1 amide bonds. The molecule has 16 heavy (non-hydrogen) atoms. The fourth-order valence-electron chi connectivity index (χ4n) is 1.35. The van der Waals surface area contributed by atoms with Crippen LogP contribution in [0.15, 0.2) is 38.0 Å². The Morgan fingerprint density at radius 3 is 2.88 bits per heavy atom. The highest BCUT2D eigenvalue weighted by molar-refractivity contribution is 9.10. The van der Waals surface area contributed by atoms with E-state index in [-0.39, 0.29) is 5.91 Å². The van der Waals surface area contributed by atoms with Gasteiger partial charge in [0.25, 0.3) is 5.91 Å². The predicted octanol–water partition coefficient (Wildman–Crippen LogP) is 3.38. The first-order valence-electron chi connectivity index (χ1n) is 4.68. The molecule has 0 fully saturated rings. The molecule has 0 aliphatic carbocycles. The second-order valence-corrected chi connectivity index (χ2v) is 4.96. The smallest absolute Gasteiger partial charge is 0.289 e. The van der Waals surface area contributed by atoms with Gasteiger partial charge in [0.1, 0.15) is 0 Å². The van der Waals surface area contributed by atoms with Crippen molar-refractivity contribution in [2.75, 3.05) is 7.05 Å². The second kappa shape index (κ2) is 4.84. The molecule has 5 heteroatoms. The lowest BCUT2D eigenvalue weighted by atomic mass is 10.3. The Labute approximate surface area is 106 Å². The quantitative estimate of drug-likeness (QED) is 0.870. The van der Waals surface area contributed by atoms with Crippen molar-refractivity contribution in [3.63, 3.8) is 0 Å². The minimum Gasteiger partial charge on any atom is -0.444 e. The van der Waals surface area contributed by atoms with Crippen LogP contribution in [0.2, 0.25) is 0 Å². The van der Waals surface area contributed by atoms with Gasteiger partial charge in [0.2, 0.25) is 0 Å². The minimum atomic E-state index is -0.114. The Morgan fingerprint density at radius 1 is 1.50 bits per heavy atom. The number of rotatable bonds is 3. The van der Waals surface area contributed by atoms with E-state index in [1.54, 1.807) is 35.4 Å². The first-order chi connectivity index (χ1) is 7.66. The molecule has 2 aromatic rings. The Morgan fingerprint density at radius 2 is 2.31 bits per heavy atom. The third-order valence-corrected chi connectivity index (χ3v) is 3.29. The van der Waals surface area contributed by atoms with Gasteiger partial charge in [0.05, 0.1) is 0 Å². The second-order valence-electron chi connectivity index (χ2n) is 3.40. The van der Waals surface area contributed by atoms with E-state index < -0.39 is 0 Å². The molecule has 0 atom stereocenters. The van der Waals surface area contributed by atoms with E-state index >= 15 is 0 Å². The number of hydrogen-bond acceptors (Lipinski definition) is 3. The molecule has 0 aliphatic heterocycles. The number of furan rings is 1. The lowest BCUT2D eigenvalue weighted by Gasteiger charge is -2.14. The van der Waals surface area contributed by atoms with Gasteiger partial charge in [0.15, 0.2) is 10.4 Å². The lowest BCUT2D eigenvalue weighted by molar-refractivity contribution is 0.0752. The van der Waals surface area contributed by atoms with Crippen LogP contribution < -0.4 is 0 Å². The van der Waals surface area contributed by atoms with Crippen LogP contribution in [0.25, 0.3) is 0 Å². The first-order valence-corrected chi connectivity index (χ1v) is 6.42. The van der Waals surface area contributed by atoms with E-state index in [2.05, 4.69) is 15.9 Å². The summed E-state index contributed by atoms with van der Waals surface area (Å²) in [7, 11) is 1.76. The molecule has 2 heterocycles. The van der Waals surface area contributed by atoms with E-state index in [4.69, 9.17) is 4.42 Å². The van der Waals surface area contributed by atoms with Crippen molar-refractivity contribution in [2.24, 2.45) is 0 Å². The normalized spacial score (nSPS) is 10.4. The highest BCUT2D eigenvalue weighted by atomic mass is 79.9. The number of halogens is 1. The summed E-state index contributed by atoms with van der Waals surface area (Å²) < 4.78 is 5.78. The van der Waals surface area contributed by atoms with E-state index in [1.165, 1.54) is 0 Å². The van der Waals surface area contributed by atoms with Gasteiger partial charge in [-0.2, -0.15) is 11.3 Å². The molecule has 0 aliphatic rings. The zero-order chi connectivity index (χ0) is 11.5. The number of amides is 1. The largest absolute Gasteiger partial charge is 0.444 e. The predicted molar refractivity (Wildman–Crippen MR) is 66.5 cm³/mol. The highest BCUT2D eigenvalue weighted by Gasteiger charge is 2.15. The molecule has 0 aromatic carbocycles. The van der Waals surface area contributed by atoms with E-state index in [1.807, 2.05) is 16.8 Å². The van der Waals surface area contributed by atoms with E-state index in [9.17, 15) is 4.79 Å². The van der Waals surface area contributed by atoms with Gasteiger partial charge in [-0.05, 0) is 50.5 Å². The Kier molecular flexibility index (Phi) is 3.46. The average molecular weight is 300 g/mol.